The van der Waals surface area contributed by atoms with Crippen molar-refractivity contribution < 1.29 is 58.8 Å². The number of rotatable bonds is 11. The number of thioether (sulfide) groups is 1. The van der Waals surface area contributed by atoms with E-state index < -0.39 is 97.7 Å². The number of aromatic hydroxyl groups is 2. The number of phenols is 2. The predicted molar refractivity (Wildman–Crippen MR) is 175 cm³/mol. The zero-order chi connectivity index (χ0) is 37.2. The lowest BCUT2D eigenvalue weighted by molar-refractivity contribution is -0.178. The summed E-state index contributed by atoms with van der Waals surface area (Å²) in [5.74, 6) is -8.74. The molecule has 6 rings (SSSR count). The Balaban J connectivity index is 1.17. The number of aromatic nitrogens is 1. The Labute approximate surface area is 303 Å². The molecule has 4 fully saturated rings. The fourth-order valence-electron chi connectivity index (χ4n) is 5.65. The number of amides is 5. The Morgan fingerprint density at radius 2 is 1.76 bits per heavy atom. The molecule has 5 amide bonds. The quantitative estimate of drug-likeness (QED) is 0.0394. The monoisotopic (exact) mass is 786 g/mol. The number of carboxylic acid groups (broad SMARTS) is 2. The van der Waals surface area contributed by atoms with E-state index in [1.54, 1.807) is 0 Å². The second kappa shape index (κ2) is 12.9. The number of halogens is 2. The summed E-state index contributed by atoms with van der Waals surface area (Å²) in [7, 11) is 0. The van der Waals surface area contributed by atoms with Crippen molar-refractivity contribution >= 4 is 98.6 Å². The lowest BCUT2D eigenvalue weighted by Gasteiger charge is -2.41. The third-order valence-corrected chi connectivity index (χ3v) is 11.7. The standard InChI is InChI=1S/C27H24Cl2N8O12S2/c28-11-9(2-3-10(38)16(11)40)15(39)19(42)33-37-7-6-36(25(37)48)27(23(46)47)8-35-20(43)14(21(35)51-27)31-18(41)13(12-17(29)50-24(30)32-12)34-49-26(22(44)45)4-1-5-26/h2-3,14,21,38,40H,1,4-8H2,(H2,30,32)(H,31,41)(H,33,42)(H,44,45)(H,46,47)/b34-13-/t14?,21-,27-/m1/s1. The first kappa shape index (κ1) is 35.8. The van der Waals surface area contributed by atoms with Crippen LogP contribution in [-0.4, -0.2) is 129 Å². The molecule has 0 bridgehead atoms. The molecular weight excluding hydrogens is 763 g/mol. The third kappa shape index (κ3) is 5.86. The van der Waals surface area contributed by atoms with Crippen molar-refractivity contribution in [1.82, 2.24) is 30.5 Å². The van der Waals surface area contributed by atoms with E-state index in [1.165, 1.54) is 0 Å². The molecule has 270 valence electrons. The SMILES string of the molecule is Nc1nc(/C(=N/OC2(C(=O)O)CCC2)C(=O)NC2C(=O)N3C[C@@](C(=O)O)(N4CCN(NC(=O)C(=O)c5ccc(O)c(O)c5Cl)C4=O)S[C@H]23)c(Cl)s1. The van der Waals surface area contributed by atoms with Gasteiger partial charge in [-0.2, -0.15) is 0 Å². The van der Waals surface area contributed by atoms with Crippen LogP contribution in [0.15, 0.2) is 17.3 Å². The summed E-state index contributed by atoms with van der Waals surface area (Å²) in [4.78, 5) is 99.3. The van der Waals surface area contributed by atoms with E-state index in [1.807, 2.05) is 0 Å². The minimum Gasteiger partial charge on any atom is -0.504 e. The molecule has 51 heavy (non-hydrogen) atoms. The molecule has 3 aliphatic heterocycles. The molecule has 3 atom stereocenters. The van der Waals surface area contributed by atoms with Gasteiger partial charge in [-0.15, -0.1) is 0 Å². The molecular formula is C27H24Cl2N8O12S2. The molecule has 4 heterocycles. The highest BCUT2D eigenvalue weighted by atomic mass is 35.5. The van der Waals surface area contributed by atoms with Gasteiger partial charge >= 0.3 is 23.9 Å². The number of phenolic OH excluding ortho intramolecular Hbond substituents is 2. The lowest BCUT2D eigenvalue weighted by atomic mass is 9.80. The molecule has 3 saturated heterocycles. The first-order valence-corrected chi connectivity index (χ1v) is 17.1. The molecule has 1 unspecified atom stereocenters. The number of fused-ring (bicyclic) bond motifs is 1. The molecule has 1 aromatic heterocycles. The number of nitrogen functional groups attached to an aromatic ring is 1. The lowest BCUT2D eigenvalue weighted by Crippen LogP contribution is -2.68. The second-order valence-corrected chi connectivity index (χ2v) is 14.9. The van der Waals surface area contributed by atoms with Crippen LogP contribution in [-0.2, 0) is 28.8 Å². The van der Waals surface area contributed by atoms with Gasteiger partial charge in [-0.1, -0.05) is 51.5 Å². The summed E-state index contributed by atoms with van der Waals surface area (Å²) in [6.45, 7) is -1.07. The van der Waals surface area contributed by atoms with Crippen LogP contribution in [0.25, 0.3) is 0 Å². The molecule has 1 aliphatic carbocycles. The second-order valence-electron chi connectivity index (χ2n) is 11.5. The summed E-state index contributed by atoms with van der Waals surface area (Å²) in [6.07, 6.45) is 0.763. The van der Waals surface area contributed by atoms with Gasteiger partial charge in [-0.05, 0) is 18.6 Å². The van der Waals surface area contributed by atoms with Gasteiger partial charge in [0, 0.05) is 19.4 Å². The number of urea groups is 1. The number of benzene rings is 1. The van der Waals surface area contributed by atoms with Crippen molar-refractivity contribution in [2.75, 3.05) is 25.4 Å². The van der Waals surface area contributed by atoms with Gasteiger partial charge < -0.3 is 41.2 Å². The summed E-state index contributed by atoms with van der Waals surface area (Å²) in [6, 6.07) is -0.481. The number of Topliss-reactive ketones (excluding diaryl/α,β-unsaturated/α-hetero) is 1. The van der Waals surface area contributed by atoms with Gasteiger partial charge in [-0.3, -0.25) is 29.5 Å². The molecule has 4 aliphatic rings. The Hall–Kier alpha value is -5.06. The van der Waals surface area contributed by atoms with Crippen molar-refractivity contribution in [1.29, 1.82) is 0 Å². The molecule has 1 saturated carbocycles. The predicted octanol–water partition coefficient (Wildman–Crippen LogP) is 0.00380. The number of nitrogens with one attached hydrogen (secondary N) is 2. The average Bonchev–Trinajstić information content (AvgIpc) is 3.72. The van der Waals surface area contributed by atoms with Gasteiger partial charge in [0.1, 0.15) is 21.4 Å². The number of anilines is 1. The Bertz CT molecular complexity index is 1960. The van der Waals surface area contributed by atoms with E-state index in [4.69, 9.17) is 33.8 Å². The highest BCUT2D eigenvalue weighted by Crippen LogP contribution is 2.49. The van der Waals surface area contributed by atoms with Crippen molar-refractivity contribution in [3.05, 3.63) is 32.7 Å². The maximum Gasteiger partial charge on any atom is 0.350 e. The Morgan fingerprint density at radius 3 is 2.35 bits per heavy atom. The number of hydrogen-bond acceptors (Lipinski definition) is 15. The number of carbonyl (C=O) groups excluding carboxylic acids is 5. The van der Waals surface area contributed by atoms with Crippen molar-refractivity contribution in [3.63, 3.8) is 0 Å². The van der Waals surface area contributed by atoms with Crippen LogP contribution in [0, 0.1) is 0 Å². The first-order chi connectivity index (χ1) is 24.0. The maximum atomic E-state index is 13.5. The number of hydrogen-bond donors (Lipinski definition) is 7. The number of thiazole rings is 1. The molecule has 24 heteroatoms. The minimum absolute atomic E-state index is 0.0519. The molecule has 0 spiro atoms. The fourth-order valence-corrected chi connectivity index (χ4v) is 8.46. The van der Waals surface area contributed by atoms with Gasteiger partial charge in [0.2, 0.25) is 16.4 Å². The van der Waals surface area contributed by atoms with Crippen molar-refractivity contribution in [2.24, 2.45) is 5.16 Å². The zero-order valence-corrected chi connectivity index (χ0v) is 28.6. The molecule has 20 nitrogen and oxygen atoms in total. The number of carbonyl (C=O) groups is 7. The molecule has 0 radical (unpaired) electrons. The number of oxime groups is 1. The van der Waals surface area contributed by atoms with Crippen LogP contribution in [0.1, 0.15) is 35.3 Å². The number of carboxylic acids is 2. The van der Waals surface area contributed by atoms with Gasteiger partial charge in [-0.25, -0.2) is 24.4 Å². The van der Waals surface area contributed by atoms with Crippen molar-refractivity contribution in [2.45, 2.75) is 41.2 Å². The van der Waals surface area contributed by atoms with E-state index in [-0.39, 0.29) is 41.1 Å². The van der Waals surface area contributed by atoms with Crippen LogP contribution >= 0.6 is 46.3 Å². The summed E-state index contributed by atoms with van der Waals surface area (Å²) in [5, 5.41) is 44.5. The average molecular weight is 788 g/mol. The molecule has 8 N–H and O–H groups in total. The number of nitrogens with two attached hydrogens (primary N) is 1. The topological polar surface area (TPSA) is 295 Å². The summed E-state index contributed by atoms with van der Waals surface area (Å²) in [5.41, 5.74) is 4.80. The summed E-state index contributed by atoms with van der Waals surface area (Å²) < 4.78 is -0.0834. The minimum atomic E-state index is -2.10. The summed E-state index contributed by atoms with van der Waals surface area (Å²) >= 11 is 13.5. The Morgan fingerprint density at radius 1 is 1.06 bits per heavy atom. The van der Waals surface area contributed by atoms with E-state index in [2.05, 4.69) is 20.9 Å². The van der Waals surface area contributed by atoms with Crippen LogP contribution in [0.3, 0.4) is 0 Å². The number of β-lactam (4-membered cyclic amide) rings is 1. The number of aliphatic carboxylic acids is 2. The van der Waals surface area contributed by atoms with E-state index in [0.717, 1.165) is 33.3 Å². The highest BCUT2D eigenvalue weighted by Gasteiger charge is 2.66. The van der Waals surface area contributed by atoms with Crippen LogP contribution in [0.4, 0.5) is 9.93 Å². The van der Waals surface area contributed by atoms with Crippen LogP contribution in [0.5, 0.6) is 11.5 Å². The van der Waals surface area contributed by atoms with E-state index in [9.17, 15) is 54.0 Å². The first-order valence-electron chi connectivity index (χ1n) is 14.6. The normalized spacial score (nSPS) is 23.6. The Kier molecular flexibility index (Phi) is 9.06. The molecule has 2 aromatic rings. The van der Waals surface area contributed by atoms with Gasteiger partial charge in [0.05, 0.1) is 23.7 Å². The smallest absolute Gasteiger partial charge is 0.350 e. The largest absolute Gasteiger partial charge is 0.504 e. The van der Waals surface area contributed by atoms with Crippen LogP contribution in [0.2, 0.25) is 9.36 Å². The third-order valence-electron chi connectivity index (χ3n) is 8.59. The maximum absolute atomic E-state index is 13.5. The molecule has 1 aromatic carbocycles. The van der Waals surface area contributed by atoms with Crippen LogP contribution < -0.4 is 16.5 Å². The van der Waals surface area contributed by atoms with E-state index in [0.29, 0.717) is 23.2 Å². The zero-order valence-electron chi connectivity index (χ0n) is 25.5. The number of hydrazine groups is 1. The fraction of sp³-hybridized carbons (Fsp3) is 0.370. The van der Waals surface area contributed by atoms with Gasteiger partial charge in [0.25, 0.3) is 11.7 Å². The number of nitrogens with zero attached hydrogens (tertiary/aromatic N) is 5. The highest BCUT2D eigenvalue weighted by molar-refractivity contribution is 8.02. The van der Waals surface area contributed by atoms with E-state index >= 15 is 0 Å². The van der Waals surface area contributed by atoms with Gasteiger partial charge in [0.15, 0.2) is 22.3 Å². The number of ketones is 1. The van der Waals surface area contributed by atoms with Crippen molar-refractivity contribution in [3.8, 4) is 11.5 Å².